The molecule has 0 saturated heterocycles. The maximum absolute atomic E-state index is 11.2. The summed E-state index contributed by atoms with van der Waals surface area (Å²) in [5, 5.41) is 0.900. The van der Waals surface area contributed by atoms with Crippen LogP contribution >= 0.6 is 0 Å². The molecule has 19 heavy (non-hydrogen) atoms. The van der Waals surface area contributed by atoms with Crippen molar-refractivity contribution in [2.24, 2.45) is 0 Å². The molecule has 0 aliphatic carbocycles. The Hall–Kier alpha value is -1.81. The molecule has 0 fully saturated rings. The summed E-state index contributed by atoms with van der Waals surface area (Å²) >= 11 is 0. The Balaban J connectivity index is 2.16. The second kappa shape index (κ2) is 4.10. The van der Waals surface area contributed by atoms with Gasteiger partial charge in [-0.1, -0.05) is 0 Å². The predicted molar refractivity (Wildman–Crippen MR) is 71.7 cm³/mol. The highest BCUT2D eigenvalue weighted by molar-refractivity contribution is 5.79. The quantitative estimate of drug-likeness (QED) is 0.739. The van der Waals surface area contributed by atoms with E-state index in [1.165, 1.54) is 6.07 Å². The van der Waals surface area contributed by atoms with Crippen LogP contribution in [0.15, 0.2) is 33.5 Å². The maximum atomic E-state index is 11.2. The Morgan fingerprint density at radius 2 is 2.11 bits per heavy atom. The standard InChI is InChI=1S/C15H16O4/c1-15(2)13(17-3)7-10-6-9-4-5-14(16)18-11(9)8-12(10)19-15/h4-6,8,13H,7H2,1-3H3/t13-/m0/s1. The number of fused-ring (bicyclic) bond motifs is 2. The SMILES string of the molecule is CO[C@H]1Cc2cc3ccc(=O)oc3cc2OC1(C)C. The van der Waals surface area contributed by atoms with Gasteiger partial charge in [0.15, 0.2) is 0 Å². The van der Waals surface area contributed by atoms with Crippen LogP contribution in [-0.4, -0.2) is 18.8 Å². The Morgan fingerprint density at radius 1 is 1.32 bits per heavy atom. The van der Waals surface area contributed by atoms with Gasteiger partial charge in [-0.2, -0.15) is 0 Å². The zero-order valence-electron chi connectivity index (χ0n) is 11.2. The van der Waals surface area contributed by atoms with Crippen LogP contribution < -0.4 is 10.4 Å². The highest BCUT2D eigenvalue weighted by Gasteiger charge is 2.37. The molecule has 2 aromatic rings. The molecule has 1 aromatic carbocycles. The van der Waals surface area contributed by atoms with E-state index < -0.39 is 5.60 Å². The fourth-order valence-corrected chi connectivity index (χ4v) is 2.56. The molecule has 100 valence electrons. The third-order valence-electron chi connectivity index (χ3n) is 3.64. The van der Waals surface area contributed by atoms with Crippen LogP contribution in [-0.2, 0) is 11.2 Å². The summed E-state index contributed by atoms with van der Waals surface area (Å²) in [5.41, 5.74) is 0.882. The average Bonchev–Trinajstić information content (AvgIpc) is 2.34. The van der Waals surface area contributed by atoms with E-state index in [0.29, 0.717) is 5.58 Å². The summed E-state index contributed by atoms with van der Waals surface area (Å²) in [6.07, 6.45) is 0.793. The molecule has 0 radical (unpaired) electrons. The van der Waals surface area contributed by atoms with Crippen LogP contribution in [0.2, 0.25) is 0 Å². The van der Waals surface area contributed by atoms with Crippen molar-refractivity contribution in [2.45, 2.75) is 32.0 Å². The topological polar surface area (TPSA) is 48.7 Å². The van der Waals surface area contributed by atoms with Crippen molar-refractivity contribution in [3.05, 3.63) is 40.2 Å². The number of ether oxygens (including phenoxy) is 2. The molecule has 4 heteroatoms. The van der Waals surface area contributed by atoms with Gasteiger partial charge in [0.1, 0.15) is 23.0 Å². The number of hydrogen-bond donors (Lipinski definition) is 0. The van der Waals surface area contributed by atoms with Gasteiger partial charge in [-0.25, -0.2) is 4.79 Å². The Labute approximate surface area is 110 Å². The van der Waals surface area contributed by atoms with E-state index in [0.717, 1.165) is 23.1 Å². The third-order valence-corrected chi connectivity index (χ3v) is 3.64. The van der Waals surface area contributed by atoms with Crippen LogP contribution in [0.1, 0.15) is 19.4 Å². The first-order chi connectivity index (χ1) is 8.99. The highest BCUT2D eigenvalue weighted by atomic mass is 16.5. The molecule has 1 aromatic heterocycles. The van der Waals surface area contributed by atoms with E-state index in [9.17, 15) is 4.79 Å². The molecular formula is C15H16O4. The third kappa shape index (κ3) is 2.02. The zero-order chi connectivity index (χ0) is 13.6. The summed E-state index contributed by atoms with van der Waals surface area (Å²) in [6, 6.07) is 6.98. The number of benzene rings is 1. The summed E-state index contributed by atoms with van der Waals surface area (Å²) in [6.45, 7) is 3.99. The number of hydrogen-bond acceptors (Lipinski definition) is 4. The van der Waals surface area contributed by atoms with Crippen molar-refractivity contribution in [3.63, 3.8) is 0 Å². The van der Waals surface area contributed by atoms with Gasteiger partial charge < -0.3 is 13.9 Å². The van der Waals surface area contributed by atoms with E-state index in [4.69, 9.17) is 13.9 Å². The van der Waals surface area contributed by atoms with E-state index in [-0.39, 0.29) is 11.7 Å². The van der Waals surface area contributed by atoms with Gasteiger partial charge in [0.25, 0.3) is 0 Å². The highest BCUT2D eigenvalue weighted by Crippen LogP contribution is 2.36. The number of rotatable bonds is 1. The lowest BCUT2D eigenvalue weighted by atomic mass is 9.90. The average molecular weight is 260 g/mol. The summed E-state index contributed by atoms with van der Waals surface area (Å²) < 4.78 is 16.7. The second-order valence-electron chi connectivity index (χ2n) is 5.39. The molecule has 0 unspecified atom stereocenters. The Bertz CT molecular complexity index is 684. The number of methoxy groups -OCH3 is 1. The lowest BCUT2D eigenvalue weighted by Gasteiger charge is -2.39. The first-order valence-corrected chi connectivity index (χ1v) is 6.28. The zero-order valence-corrected chi connectivity index (χ0v) is 11.2. The molecule has 4 nitrogen and oxygen atoms in total. The lowest BCUT2D eigenvalue weighted by molar-refractivity contribution is -0.0641. The van der Waals surface area contributed by atoms with E-state index in [2.05, 4.69) is 0 Å². The van der Waals surface area contributed by atoms with Crippen LogP contribution in [0.3, 0.4) is 0 Å². The molecule has 0 N–H and O–H groups in total. The van der Waals surface area contributed by atoms with Gasteiger partial charge in [0.05, 0.1) is 0 Å². The molecule has 1 aliphatic rings. The van der Waals surface area contributed by atoms with Crippen molar-refractivity contribution in [3.8, 4) is 5.75 Å². The molecule has 2 heterocycles. The first-order valence-electron chi connectivity index (χ1n) is 6.28. The normalized spacial score (nSPS) is 20.9. The van der Waals surface area contributed by atoms with Crippen molar-refractivity contribution in [2.75, 3.05) is 7.11 Å². The van der Waals surface area contributed by atoms with Gasteiger partial charge >= 0.3 is 5.63 Å². The molecule has 0 spiro atoms. The molecule has 1 aliphatic heterocycles. The first kappa shape index (κ1) is 12.2. The van der Waals surface area contributed by atoms with Gasteiger partial charge in [-0.15, -0.1) is 0 Å². The minimum atomic E-state index is -0.398. The van der Waals surface area contributed by atoms with Crippen LogP contribution in [0, 0.1) is 0 Å². The maximum Gasteiger partial charge on any atom is 0.336 e. The Morgan fingerprint density at radius 3 is 2.84 bits per heavy atom. The Kier molecular flexibility index (Phi) is 2.64. The van der Waals surface area contributed by atoms with Gasteiger partial charge in [0, 0.05) is 31.0 Å². The van der Waals surface area contributed by atoms with E-state index in [1.54, 1.807) is 19.2 Å². The van der Waals surface area contributed by atoms with Crippen LogP contribution in [0.5, 0.6) is 5.75 Å². The fraction of sp³-hybridized carbons (Fsp3) is 0.400. The molecule has 1 atom stereocenters. The van der Waals surface area contributed by atoms with Crippen molar-refractivity contribution in [1.82, 2.24) is 0 Å². The van der Waals surface area contributed by atoms with Crippen molar-refractivity contribution in [1.29, 1.82) is 0 Å². The van der Waals surface area contributed by atoms with Crippen molar-refractivity contribution < 1.29 is 13.9 Å². The van der Waals surface area contributed by atoms with Gasteiger partial charge in [-0.3, -0.25) is 0 Å². The molecule has 0 bridgehead atoms. The smallest absolute Gasteiger partial charge is 0.336 e. The minimum absolute atomic E-state index is 0.00757. The van der Waals surface area contributed by atoms with E-state index in [1.807, 2.05) is 19.9 Å². The molecule has 0 amide bonds. The second-order valence-corrected chi connectivity index (χ2v) is 5.39. The lowest BCUT2D eigenvalue weighted by Crippen LogP contribution is -2.47. The van der Waals surface area contributed by atoms with Gasteiger partial charge in [0.2, 0.25) is 0 Å². The summed E-state index contributed by atoms with van der Waals surface area (Å²) in [5.74, 6) is 0.764. The molecule has 3 rings (SSSR count). The van der Waals surface area contributed by atoms with Crippen molar-refractivity contribution >= 4 is 11.0 Å². The van der Waals surface area contributed by atoms with Crippen LogP contribution in [0.25, 0.3) is 11.0 Å². The molecular weight excluding hydrogens is 244 g/mol. The minimum Gasteiger partial charge on any atom is -0.485 e. The van der Waals surface area contributed by atoms with Crippen LogP contribution in [0.4, 0.5) is 0 Å². The predicted octanol–water partition coefficient (Wildman–Crippen LogP) is 2.52. The molecule has 0 saturated carbocycles. The summed E-state index contributed by atoms with van der Waals surface area (Å²) in [7, 11) is 1.70. The monoisotopic (exact) mass is 260 g/mol. The fourth-order valence-electron chi connectivity index (χ4n) is 2.56. The largest absolute Gasteiger partial charge is 0.485 e. The van der Waals surface area contributed by atoms with Gasteiger partial charge in [-0.05, 0) is 31.5 Å². The summed E-state index contributed by atoms with van der Waals surface area (Å²) in [4.78, 5) is 11.2. The van der Waals surface area contributed by atoms with E-state index >= 15 is 0 Å².